The number of hydrogen-bond donors (Lipinski definition) is 1. The van der Waals surface area contributed by atoms with Crippen LogP contribution < -0.4 is 5.32 Å². The highest BCUT2D eigenvalue weighted by Gasteiger charge is 2.33. The Balaban J connectivity index is 2.26. The van der Waals surface area contributed by atoms with Crippen molar-refractivity contribution >= 4 is 11.8 Å². The quantitative estimate of drug-likeness (QED) is 0.825. The Morgan fingerprint density at radius 2 is 2.17 bits per heavy atom. The summed E-state index contributed by atoms with van der Waals surface area (Å²) in [7, 11) is 1.65. The largest absolute Gasteiger partial charge is 0.380 e. The van der Waals surface area contributed by atoms with Crippen LogP contribution in [0.1, 0.15) is 30.4 Å². The van der Waals surface area contributed by atoms with Crippen LogP contribution in [-0.2, 0) is 20.9 Å². The summed E-state index contributed by atoms with van der Waals surface area (Å²) < 4.78 is 5.09. The molecule has 4 heteroatoms. The van der Waals surface area contributed by atoms with Crippen LogP contribution in [0.4, 0.5) is 0 Å². The molecule has 1 heterocycles. The standard InChI is InChI=1S/C14H17NO3/c1-9-12(7-13(16)15-14(9)17)11-5-3-4-10(6-11)8-18-2/h3-6,9,12H,7-8H2,1-2H3,(H,15,16,17). The van der Waals surface area contributed by atoms with E-state index in [0.717, 1.165) is 11.1 Å². The molecule has 0 radical (unpaired) electrons. The monoisotopic (exact) mass is 247 g/mol. The predicted molar refractivity (Wildman–Crippen MR) is 66.8 cm³/mol. The van der Waals surface area contributed by atoms with Crippen LogP contribution in [0, 0.1) is 5.92 Å². The molecule has 1 saturated heterocycles. The molecule has 0 aromatic heterocycles. The number of amides is 2. The van der Waals surface area contributed by atoms with Crippen LogP contribution in [0.15, 0.2) is 24.3 Å². The Morgan fingerprint density at radius 3 is 2.89 bits per heavy atom. The minimum Gasteiger partial charge on any atom is -0.380 e. The van der Waals surface area contributed by atoms with E-state index in [-0.39, 0.29) is 23.7 Å². The Labute approximate surface area is 106 Å². The van der Waals surface area contributed by atoms with E-state index in [1.807, 2.05) is 31.2 Å². The molecule has 4 nitrogen and oxygen atoms in total. The summed E-state index contributed by atoms with van der Waals surface area (Å²) in [5.41, 5.74) is 2.08. The lowest BCUT2D eigenvalue weighted by Gasteiger charge is -2.28. The molecule has 1 aliphatic rings. The van der Waals surface area contributed by atoms with Crippen molar-refractivity contribution in [1.29, 1.82) is 0 Å². The summed E-state index contributed by atoms with van der Waals surface area (Å²) in [6.07, 6.45) is 0.364. The molecule has 0 aliphatic carbocycles. The molecule has 0 saturated carbocycles. The van der Waals surface area contributed by atoms with Gasteiger partial charge < -0.3 is 4.74 Å². The molecule has 2 atom stereocenters. The number of ether oxygens (including phenoxy) is 1. The van der Waals surface area contributed by atoms with Crippen molar-refractivity contribution in [2.24, 2.45) is 5.92 Å². The van der Waals surface area contributed by atoms with Crippen LogP contribution in [-0.4, -0.2) is 18.9 Å². The molecule has 2 unspecified atom stereocenters. The highest BCUT2D eigenvalue weighted by Crippen LogP contribution is 2.31. The number of carbonyl (C=O) groups excluding carboxylic acids is 2. The van der Waals surface area contributed by atoms with Crippen LogP contribution >= 0.6 is 0 Å². The van der Waals surface area contributed by atoms with Gasteiger partial charge in [-0.2, -0.15) is 0 Å². The normalized spacial score (nSPS) is 23.9. The molecule has 1 fully saturated rings. The second-order valence-corrected chi connectivity index (χ2v) is 4.69. The number of methoxy groups -OCH3 is 1. The third-order valence-corrected chi connectivity index (χ3v) is 3.38. The van der Waals surface area contributed by atoms with Gasteiger partial charge in [0.05, 0.1) is 6.61 Å². The minimum absolute atomic E-state index is 0.0388. The number of rotatable bonds is 3. The first-order valence-electron chi connectivity index (χ1n) is 6.03. The van der Waals surface area contributed by atoms with Gasteiger partial charge >= 0.3 is 0 Å². The molecule has 1 aliphatic heterocycles. The Morgan fingerprint density at radius 1 is 1.39 bits per heavy atom. The van der Waals surface area contributed by atoms with Crippen molar-refractivity contribution < 1.29 is 14.3 Å². The fourth-order valence-electron chi connectivity index (χ4n) is 2.35. The molecule has 18 heavy (non-hydrogen) atoms. The van der Waals surface area contributed by atoms with Gasteiger partial charge in [-0.3, -0.25) is 14.9 Å². The molecule has 2 amide bonds. The fourth-order valence-corrected chi connectivity index (χ4v) is 2.35. The molecular weight excluding hydrogens is 230 g/mol. The van der Waals surface area contributed by atoms with Crippen molar-refractivity contribution in [1.82, 2.24) is 5.32 Å². The van der Waals surface area contributed by atoms with Gasteiger partial charge in [-0.15, -0.1) is 0 Å². The van der Waals surface area contributed by atoms with Gasteiger partial charge in [0.25, 0.3) is 0 Å². The van der Waals surface area contributed by atoms with Crippen molar-refractivity contribution in [2.75, 3.05) is 7.11 Å². The predicted octanol–water partition coefficient (Wildman–Crippen LogP) is 1.60. The van der Waals surface area contributed by atoms with Crippen molar-refractivity contribution in [3.8, 4) is 0 Å². The highest BCUT2D eigenvalue weighted by molar-refractivity contribution is 5.99. The van der Waals surface area contributed by atoms with Crippen LogP contribution in [0.3, 0.4) is 0 Å². The molecule has 0 bridgehead atoms. The van der Waals surface area contributed by atoms with E-state index in [2.05, 4.69) is 5.32 Å². The first kappa shape index (κ1) is 12.8. The van der Waals surface area contributed by atoms with Gasteiger partial charge in [-0.1, -0.05) is 31.2 Å². The summed E-state index contributed by atoms with van der Waals surface area (Å²) in [5.74, 6) is -0.600. The molecule has 1 aromatic rings. The maximum Gasteiger partial charge on any atom is 0.230 e. The first-order chi connectivity index (χ1) is 8.61. The highest BCUT2D eigenvalue weighted by atomic mass is 16.5. The topological polar surface area (TPSA) is 55.4 Å². The second-order valence-electron chi connectivity index (χ2n) is 4.69. The van der Waals surface area contributed by atoms with E-state index >= 15 is 0 Å². The van der Waals surface area contributed by atoms with Crippen LogP contribution in [0.25, 0.3) is 0 Å². The maximum atomic E-state index is 11.6. The molecular formula is C14H17NO3. The van der Waals surface area contributed by atoms with Gasteiger partial charge in [0.15, 0.2) is 0 Å². The lowest BCUT2D eigenvalue weighted by molar-refractivity contribution is -0.136. The zero-order valence-corrected chi connectivity index (χ0v) is 10.6. The minimum atomic E-state index is -0.194. The molecule has 0 spiro atoms. The number of carbonyl (C=O) groups is 2. The summed E-state index contributed by atoms with van der Waals surface area (Å²) in [4.78, 5) is 23.1. The molecule has 1 N–H and O–H groups in total. The van der Waals surface area contributed by atoms with Crippen molar-refractivity contribution in [3.05, 3.63) is 35.4 Å². The third kappa shape index (κ3) is 2.59. The van der Waals surface area contributed by atoms with Gasteiger partial charge in [0, 0.05) is 25.4 Å². The smallest absolute Gasteiger partial charge is 0.230 e. The second kappa shape index (κ2) is 5.31. The zero-order valence-electron chi connectivity index (χ0n) is 10.6. The maximum absolute atomic E-state index is 11.6. The van der Waals surface area contributed by atoms with Crippen LogP contribution in [0.2, 0.25) is 0 Å². The summed E-state index contributed by atoms with van der Waals surface area (Å²) in [6.45, 7) is 2.39. The summed E-state index contributed by atoms with van der Waals surface area (Å²) in [5, 5.41) is 2.37. The SMILES string of the molecule is COCc1cccc(C2CC(=O)NC(=O)C2C)c1. The average molecular weight is 247 g/mol. The number of hydrogen-bond acceptors (Lipinski definition) is 3. The average Bonchev–Trinajstić information content (AvgIpc) is 2.34. The number of piperidine rings is 1. The van der Waals surface area contributed by atoms with Crippen molar-refractivity contribution in [3.63, 3.8) is 0 Å². The van der Waals surface area contributed by atoms with E-state index in [4.69, 9.17) is 4.74 Å². The Hall–Kier alpha value is -1.68. The van der Waals surface area contributed by atoms with Gasteiger partial charge in [0.1, 0.15) is 0 Å². The first-order valence-corrected chi connectivity index (χ1v) is 6.03. The number of imide groups is 1. The lowest BCUT2D eigenvalue weighted by Crippen LogP contribution is -2.43. The van der Waals surface area contributed by atoms with E-state index in [0.29, 0.717) is 13.0 Å². The third-order valence-electron chi connectivity index (χ3n) is 3.38. The van der Waals surface area contributed by atoms with E-state index in [1.54, 1.807) is 7.11 Å². The summed E-state index contributed by atoms with van der Waals surface area (Å²) >= 11 is 0. The van der Waals surface area contributed by atoms with Gasteiger partial charge in [-0.25, -0.2) is 0 Å². The number of nitrogens with one attached hydrogen (secondary N) is 1. The van der Waals surface area contributed by atoms with Gasteiger partial charge in [0.2, 0.25) is 11.8 Å². The molecule has 1 aromatic carbocycles. The fraction of sp³-hybridized carbons (Fsp3) is 0.429. The Bertz CT molecular complexity index is 470. The Kier molecular flexibility index (Phi) is 3.77. The lowest BCUT2D eigenvalue weighted by atomic mass is 9.81. The molecule has 96 valence electrons. The van der Waals surface area contributed by atoms with Gasteiger partial charge in [-0.05, 0) is 11.1 Å². The summed E-state index contributed by atoms with van der Waals surface area (Å²) in [6, 6.07) is 7.89. The van der Waals surface area contributed by atoms with E-state index < -0.39 is 0 Å². The van der Waals surface area contributed by atoms with E-state index in [1.165, 1.54) is 0 Å². The van der Waals surface area contributed by atoms with E-state index in [9.17, 15) is 9.59 Å². The van der Waals surface area contributed by atoms with Crippen molar-refractivity contribution in [2.45, 2.75) is 25.9 Å². The molecule has 2 rings (SSSR count). The van der Waals surface area contributed by atoms with Crippen LogP contribution in [0.5, 0.6) is 0 Å². The number of benzene rings is 1. The zero-order chi connectivity index (χ0) is 13.1.